The van der Waals surface area contributed by atoms with Gasteiger partial charge in [-0.05, 0) is 56.4 Å². The van der Waals surface area contributed by atoms with Crippen molar-refractivity contribution < 1.29 is 13.9 Å². The standard InChI is InChI=1S/C20H31BrFN3O2/c1-3-23-20(24-10-7-16-15-17(21)5-6-19(16)22)25-11-8-18(9-12-25)27-14-4-13-26-2/h5-6,15,18H,3-4,7-14H2,1-2H3,(H,23,24). The Morgan fingerprint density at radius 1 is 1.33 bits per heavy atom. The van der Waals surface area contributed by atoms with E-state index in [-0.39, 0.29) is 5.82 Å². The van der Waals surface area contributed by atoms with Gasteiger partial charge < -0.3 is 19.7 Å². The highest BCUT2D eigenvalue weighted by atomic mass is 79.9. The fraction of sp³-hybridized carbons (Fsp3) is 0.650. The zero-order chi connectivity index (χ0) is 19.5. The monoisotopic (exact) mass is 443 g/mol. The van der Waals surface area contributed by atoms with E-state index in [1.54, 1.807) is 13.2 Å². The molecule has 0 aromatic heterocycles. The average Bonchev–Trinajstić information content (AvgIpc) is 2.68. The van der Waals surface area contributed by atoms with Crippen LogP contribution < -0.4 is 5.32 Å². The van der Waals surface area contributed by atoms with E-state index in [4.69, 9.17) is 14.5 Å². The Balaban J connectivity index is 1.82. The summed E-state index contributed by atoms with van der Waals surface area (Å²) in [5.41, 5.74) is 0.687. The second-order valence-electron chi connectivity index (χ2n) is 6.62. The van der Waals surface area contributed by atoms with Gasteiger partial charge in [-0.1, -0.05) is 15.9 Å². The number of likely N-dealkylation sites (tertiary alicyclic amines) is 1. The van der Waals surface area contributed by atoms with Gasteiger partial charge in [-0.2, -0.15) is 0 Å². The summed E-state index contributed by atoms with van der Waals surface area (Å²) in [5, 5.41) is 3.35. The minimum atomic E-state index is -0.176. The predicted molar refractivity (Wildman–Crippen MR) is 111 cm³/mol. The molecule has 1 heterocycles. The summed E-state index contributed by atoms with van der Waals surface area (Å²) in [5.74, 6) is 0.732. The van der Waals surface area contributed by atoms with Gasteiger partial charge >= 0.3 is 0 Å². The topological polar surface area (TPSA) is 46.1 Å². The molecule has 0 saturated carbocycles. The van der Waals surface area contributed by atoms with E-state index in [0.29, 0.717) is 24.6 Å². The van der Waals surface area contributed by atoms with Gasteiger partial charge in [0.15, 0.2) is 5.96 Å². The third kappa shape index (κ3) is 7.76. The summed E-state index contributed by atoms with van der Waals surface area (Å²) >= 11 is 3.39. The number of nitrogens with zero attached hydrogens (tertiary/aromatic N) is 2. The second-order valence-corrected chi connectivity index (χ2v) is 7.54. The lowest BCUT2D eigenvalue weighted by Crippen LogP contribution is -2.47. The van der Waals surface area contributed by atoms with E-state index in [2.05, 4.69) is 33.1 Å². The van der Waals surface area contributed by atoms with Gasteiger partial charge in [0, 0.05) is 51.0 Å². The van der Waals surface area contributed by atoms with Gasteiger partial charge in [0.05, 0.1) is 6.10 Å². The van der Waals surface area contributed by atoms with Gasteiger partial charge in [-0.15, -0.1) is 0 Å². The Hall–Kier alpha value is -1.18. The molecule has 1 aromatic rings. The van der Waals surface area contributed by atoms with Crippen LogP contribution in [0.1, 0.15) is 31.7 Å². The molecule has 1 N–H and O–H groups in total. The summed E-state index contributed by atoms with van der Waals surface area (Å²) in [7, 11) is 1.71. The Morgan fingerprint density at radius 2 is 2.11 bits per heavy atom. The van der Waals surface area contributed by atoms with Crippen molar-refractivity contribution in [3.05, 3.63) is 34.1 Å². The molecule has 1 aliphatic rings. The Kier molecular flexibility index (Phi) is 10.1. The molecular formula is C20H31BrFN3O2. The maximum absolute atomic E-state index is 13.9. The molecule has 1 aromatic carbocycles. The van der Waals surface area contributed by atoms with Crippen molar-refractivity contribution >= 4 is 21.9 Å². The quantitative estimate of drug-likeness (QED) is 0.359. The van der Waals surface area contributed by atoms with Gasteiger partial charge in [0.25, 0.3) is 0 Å². The Bertz CT molecular complexity index is 593. The molecule has 5 nitrogen and oxygen atoms in total. The number of hydrogen-bond donors (Lipinski definition) is 1. The minimum absolute atomic E-state index is 0.176. The van der Waals surface area contributed by atoms with Gasteiger partial charge in [0.2, 0.25) is 0 Å². The van der Waals surface area contributed by atoms with Crippen LogP contribution in [0.15, 0.2) is 27.7 Å². The van der Waals surface area contributed by atoms with Crippen LogP contribution in [0.2, 0.25) is 0 Å². The van der Waals surface area contributed by atoms with Crippen LogP contribution in [0.5, 0.6) is 0 Å². The van der Waals surface area contributed by atoms with Crippen LogP contribution in [-0.4, -0.2) is 63.5 Å². The summed E-state index contributed by atoms with van der Waals surface area (Å²) < 4.78 is 25.7. The Labute approximate surface area is 170 Å². The normalized spacial score (nSPS) is 16.0. The van der Waals surface area contributed by atoms with E-state index in [0.717, 1.165) is 62.5 Å². The first-order valence-corrected chi connectivity index (χ1v) is 10.5. The van der Waals surface area contributed by atoms with E-state index in [1.165, 1.54) is 6.07 Å². The molecule has 0 unspecified atom stereocenters. The van der Waals surface area contributed by atoms with E-state index < -0.39 is 0 Å². The third-order valence-corrected chi connectivity index (χ3v) is 5.07. The highest BCUT2D eigenvalue weighted by Gasteiger charge is 2.21. The van der Waals surface area contributed by atoms with Crippen molar-refractivity contribution in [1.29, 1.82) is 0 Å². The smallest absolute Gasteiger partial charge is 0.193 e. The lowest BCUT2D eigenvalue weighted by Gasteiger charge is -2.34. The van der Waals surface area contributed by atoms with Crippen molar-refractivity contribution in [3.8, 4) is 0 Å². The van der Waals surface area contributed by atoms with Crippen LogP contribution in [0.4, 0.5) is 4.39 Å². The van der Waals surface area contributed by atoms with Crippen LogP contribution in [0.3, 0.4) is 0 Å². The lowest BCUT2D eigenvalue weighted by atomic mass is 10.1. The minimum Gasteiger partial charge on any atom is -0.385 e. The van der Waals surface area contributed by atoms with E-state index in [1.807, 2.05) is 6.07 Å². The molecular weight excluding hydrogens is 413 g/mol. The summed E-state index contributed by atoms with van der Waals surface area (Å²) in [4.78, 5) is 6.98. The highest BCUT2D eigenvalue weighted by Crippen LogP contribution is 2.17. The zero-order valence-corrected chi connectivity index (χ0v) is 17.9. The van der Waals surface area contributed by atoms with Crippen molar-refractivity contribution in [2.75, 3.05) is 46.5 Å². The molecule has 1 fully saturated rings. The van der Waals surface area contributed by atoms with Gasteiger partial charge in [-0.3, -0.25) is 4.99 Å². The number of halogens is 2. The number of benzene rings is 1. The first kappa shape index (κ1) is 22.1. The second kappa shape index (κ2) is 12.3. The first-order chi connectivity index (χ1) is 13.1. The van der Waals surface area contributed by atoms with Crippen LogP contribution in [0, 0.1) is 5.82 Å². The molecule has 0 atom stereocenters. The molecule has 0 amide bonds. The Morgan fingerprint density at radius 3 is 2.81 bits per heavy atom. The lowest BCUT2D eigenvalue weighted by molar-refractivity contribution is 0.00991. The first-order valence-electron chi connectivity index (χ1n) is 9.71. The molecule has 0 bridgehead atoms. The van der Waals surface area contributed by atoms with E-state index >= 15 is 0 Å². The van der Waals surface area contributed by atoms with Crippen molar-refractivity contribution in [1.82, 2.24) is 10.2 Å². The SMILES string of the molecule is CCNC(=NCCc1cc(Br)ccc1F)N1CCC(OCCCOC)CC1. The number of rotatable bonds is 9. The van der Waals surface area contributed by atoms with Crippen molar-refractivity contribution in [3.63, 3.8) is 0 Å². The maximum atomic E-state index is 13.9. The number of aliphatic imine (C=N–C) groups is 1. The number of methoxy groups -OCH3 is 1. The molecule has 1 aliphatic heterocycles. The fourth-order valence-corrected chi connectivity index (χ4v) is 3.54. The van der Waals surface area contributed by atoms with Crippen molar-refractivity contribution in [2.45, 2.75) is 38.7 Å². The predicted octanol–water partition coefficient (Wildman–Crippen LogP) is 3.61. The third-order valence-electron chi connectivity index (χ3n) is 4.57. The van der Waals surface area contributed by atoms with Crippen LogP contribution in [0.25, 0.3) is 0 Å². The fourth-order valence-electron chi connectivity index (χ4n) is 3.13. The molecule has 27 heavy (non-hydrogen) atoms. The molecule has 1 saturated heterocycles. The molecule has 152 valence electrons. The molecule has 7 heteroatoms. The van der Waals surface area contributed by atoms with Crippen LogP contribution in [-0.2, 0) is 15.9 Å². The van der Waals surface area contributed by atoms with E-state index in [9.17, 15) is 4.39 Å². The largest absolute Gasteiger partial charge is 0.385 e. The summed E-state index contributed by atoms with van der Waals surface area (Å²) in [6, 6.07) is 5.03. The molecule has 0 spiro atoms. The maximum Gasteiger partial charge on any atom is 0.193 e. The van der Waals surface area contributed by atoms with Crippen LogP contribution >= 0.6 is 15.9 Å². The zero-order valence-electron chi connectivity index (χ0n) is 16.3. The summed E-state index contributed by atoms with van der Waals surface area (Å²) in [6.07, 6.45) is 3.83. The van der Waals surface area contributed by atoms with Gasteiger partial charge in [0.1, 0.15) is 5.82 Å². The van der Waals surface area contributed by atoms with Crippen molar-refractivity contribution in [2.24, 2.45) is 4.99 Å². The molecule has 2 rings (SSSR count). The number of hydrogen-bond acceptors (Lipinski definition) is 3. The molecule has 0 radical (unpaired) electrons. The summed E-state index contributed by atoms with van der Waals surface area (Å²) in [6.45, 7) is 6.79. The van der Waals surface area contributed by atoms with Gasteiger partial charge in [-0.25, -0.2) is 4.39 Å². The number of nitrogens with one attached hydrogen (secondary N) is 1. The number of piperidine rings is 1. The highest BCUT2D eigenvalue weighted by molar-refractivity contribution is 9.10. The molecule has 0 aliphatic carbocycles. The average molecular weight is 444 g/mol. The number of guanidine groups is 1. The number of ether oxygens (including phenoxy) is 2.